The van der Waals surface area contributed by atoms with E-state index in [0.29, 0.717) is 16.8 Å². The van der Waals surface area contributed by atoms with Crippen LogP contribution in [-0.4, -0.2) is 67.3 Å². The van der Waals surface area contributed by atoms with Crippen LogP contribution in [-0.2, 0) is 4.79 Å². The number of benzene rings is 1. The minimum atomic E-state index is -0.115. The van der Waals surface area contributed by atoms with E-state index >= 15 is 0 Å². The van der Waals surface area contributed by atoms with Gasteiger partial charge in [-0.2, -0.15) is 11.8 Å². The minimum absolute atomic E-state index is 0.0607. The average Bonchev–Trinajstić information content (AvgIpc) is 3.45. The van der Waals surface area contributed by atoms with Crippen LogP contribution < -0.4 is 5.32 Å². The highest BCUT2D eigenvalue weighted by Gasteiger charge is 2.22. The van der Waals surface area contributed by atoms with Gasteiger partial charge in [0.25, 0.3) is 5.91 Å². The number of hydrogen-bond acceptors (Lipinski definition) is 7. The largest absolute Gasteiger partial charge is 0.337 e. The number of nitrogens with one attached hydrogen (secondary N) is 1. The first-order valence-electron chi connectivity index (χ1n) is 10.3. The maximum atomic E-state index is 12.7. The molecule has 0 radical (unpaired) electrons. The molecule has 1 aliphatic heterocycles. The number of carbonyl (C=O) groups is 2. The Morgan fingerprint density at radius 1 is 1.23 bits per heavy atom. The second-order valence-corrected chi connectivity index (χ2v) is 9.78. The van der Waals surface area contributed by atoms with Crippen molar-refractivity contribution in [1.82, 2.24) is 25.1 Å². The Bertz CT molecular complexity index is 906. The second kappa shape index (κ2) is 9.82. The zero-order valence-corrected chi connectivity index (χ0v) is 18.7. The molecule has 8 nitrogen and oxygen atoms in total. The zero-order valence-electron chi connectivity index (χ0n) is 17.0. The summed E-state index contributed by atoms with van der Waals surface area (Å²) in [6, 6.07) is 5.80. The average molecular weight is 447 g/mol. The summed E-state index contributed by atoms with van der Waals surface area (Å²) in [5.41, 5.74) is 2.27. The van der Waals surface area contributed by atoms with Crippen LogP contribution in [0.1, 0.15) is 47.6 Å². The molecule has 1 aromatic heterocycles. The monoisotopic (exact) mass is 446 g/mol. The van der Waals surface area contributed by atoms with Gasteiger partial charge in [0.05, 0.1) is 11.8 Å². The van der Waals surface area contributed by atoms with Gasteiger partial charge in [-0.15, -0.1) is 5.10 Å². The Hall–Kier alpha value is -2.07. The minimum Gasteiger partial charge on any atom is -0.337 e. The lowest BCUT2D eigenvalue weighted by Gasteiger charge is -2.26. The Morgan fingerprint density at radius 3 is 2.73 bits per heavy atom. The molecule has 2 heterocycles. The van der Waals surface area contributed by atoms with E-state index in [1.165, 1.54) is 24.6 Å². The molecule has 1 saturated heterocycles. The molecule has 160 valence electrons. The molecule has 2 aromatic rings. The number of anilines is 1. The van der Waals surface area contributed by atoms with Gasteiger partial charge >= 0.3 is 0 Å². The van der Waals surface area contributed by atoms with Crippen molar-refractivity contribution in [2.24, 2.45) is 0 Å². The Labute approximate surface area is 184 Å². The second-order valence-electron chi connectivity index (χ2n) is 7.62. The quantitative estimate of drug-likeness (QED) is 0.682. The van der Waals surface area contributed by atoms with Gasteiger partial charge in [-0.05, 0) is 54.0 Å². The number of tetrazole rings is 1. The number of carbonyl (C=O) groups excluding carboxylic acids is 2. The first-order valence-corrected chi connectivity index (χ1v) is 12.4. The summed E-state index contributed by atoms with van der Waals surface area (Å²) in [6.45, 7) is 3.49. The summed E-state index contributed by atoms with van der Waals surface area (Å²) in [5.74, 6) is 2.15. The third-order valence-corrected chi connectivity index (χ3v) is 7.39. The van der Waals surface area contributed by atoms with Gasteiger partial charge in [-0.3, -0.25) is 9.59 Å². The van der Waals surface area contributed by atoms with Gasteiger partial charge in [0.15, 0.2) is 0 Å². The lowest BCUT2D eigenvalue weighted by Crippen LogP contribution is -2.37. The molecule has 30 heavy (non-hydrogen) atoms. The molecule has 2 amide bonds. The molecule has 0 bridgehead atoms. The van der Waals surface area contributed by atoms with Crippen molar-refractivity contribution in [3.63, 3.8) is 0 Å². The van der Waals surface area contributed by atoms with Crippen LogP contribution in [0.25, 0.3) is 0 Å². The van der Waals surface area contributed by atoms with Crippen molar-refractivity contribution >= 4 is 41.0 Å². The smallest absolute Gasteiger partial charge is 0.253 e. The number of nitrogens with zero attached hydrogens (tertiary/aromatic N) is 5. The summed E-state index contributed by atoms with van der Waals surface area (Å²) in [4.78, 5) is 27.0. The highest BCUT2D eigenvalue weighted by atomic mass is 32.2. The van der Waals surface area contributed by atoms with Crippen LogP contribution in [0.2, 0.25) is 0 Å². The maximum absolute atomic E-state index is 12.7. The van der Waals surface area contributed by atoms with Crippen molar-refractivity contribution in [3.8, 4) is 0 Å². The normalized spacial score (nSPS) is 17.3. The van der Waals surface area contributed by atoms with Gasteiger partial charge in [0.2, 0.25) is 11.1 Å². The maximum Gasteiger partial charge on any atom is 0.253 e. The molecule has 2 aliphatic rings. The van der Waals surface area contributed by atoms with E-state index in [1.807, 2.05) is 40.4 Å². The van der Waals surface area contributed by atoms with E-state index in [-0.39, 0.29) is 17.6 Å². The van der Waals surface area contributed by atoms with E-state index in [1.54, 1.807) is 6.07 Å². The summed E-state index contributed by atoms with van der Waals surface area (Å²) in [7, 11) is 0. The number of hydrogen-bond donors (Lipinski definition) is 1. The number of amides is 2. The van der Waals surface area contributed by atoms with Crippen LogP contribution in [0, 0.1) is 6.92 Å². The lowest BCUT2D eigenvalue weighted by atomic mass is 10.1. The van der Waals surface area contributed by atoms with Crippen LogP contribution in [0.3, 0.4) is 0 Å². The molecule has 1 aliphatic carbocycles. The van der Waals surface area contributed by atoms with Crippen molar-refractivity contribution < 1.29 is 9.59 Å². The Kier molecular flexibility index (Phi) is 6.93. The third-order valence-electron chi connectivity index (χ3n) is 5.51. The summed E-state index contributed by atoms with van der Waals surface area (Å²) < 4.78 is 1.86. The van der Waals surface area contributed by atoms with E-state index < -0.39 is 0 Å². The topological polar surface area (TPSA) is 93.0 Å². The van der Waals surface area contributed by atoms with Gasteiger partial charge < -0.3 is 10.2 Å². The van der Waals surface area contributed by atoms with Gasteiger partial charge in [0, 0.05) is 35.8 Å². The molecule has 10 heteroatoms. The highest BCUT2D eigenvalue weighted by molar-refractivity contribution is 7.99. The van der Waals surface area contributed by atoms with Gasteiger partial charge in [0.1, 0.15) is 0 Å². The van der Waals surface area contributed by atoms with Crippen LogP contribution in [0.4, 0.5) is 5.69 Å². The molecular weight excluding hydrogens is 420 g/mol. The molecule has 1 N–H and O–H groups in total. The van der Waals surface area contributed by atoms with Crippen molar-refractivity contribution in [1.29, 1.82) is 0 Å². The summed E-state index contributed by atoms with van der Waals surface area (Å²) in [6.07, 6.45) is 4.57. The molecular formula is C20H26N6O2S2. The molecule has 1 aromatic carbocycles. The Balaban J connectivity index is 1.33. The molecule has 4 rings (SSSR count). The summed E-state index contributed by atoms with van der Waals surface area (Å²) >= 11 is 3.23. The molecule has 0 atom stereocenters. The van der Waals surface area contributed by atoms with E-state index in [0.717, 1.165) is 48.7 Å². The van der Waals surface area contributed by atoms with Crippen molar-refractivity contribution in [2.45, 2.75) is 43.8 Å². The van der Waals surface area contributed by atoms with Crippen molar-refractivity contribution in [2.75, 3.05) is 35.7 Å². The highest BCUT2D eigenvalue weighted by Crippen LogP contribution is 2.31. The number of aromatic nitrogens is 4. The fourth-order valence-electron chi connectivity index (χ4n) is 3.86. The fraction of sp³-hybridized carbons (Fsp3) is 0.550. The van der Waals surface area contributed by atoms with Crippen LogP contribution in [0.5, 0.6) is 0 Å². The Morgan fingerprint density at radius 2 is 2.00 bits per heavy atom. The zero-order chi connectivity index (χ0) is 20.9. The third kappa shape index (κ3) is 4.97. The lowest BCUT2D eigenvalue weighted by molar-refractivity contribution is -0.113. The standard InChI is InChI=1S/C20H26N6O2S2/c1-14-12-15(19(28)25-8-10-29-11-9-25)6-7-17(14)21-18(27)13-30-20-22-23-24-26(20)16-4-2-3-5-16/h6-7,12,16H,2-5,8-11,13H2,1H3,(H,21,27). The first-order chi connectivity index (χ1) is 14.6. The van der Waals surface area contributed by atoms with Gasteiger partial charge in [-0.25, -0.2) is 4.68 Å². The molecule has 2 fully saturated rings. The number of aryl methyl sites for hydroxylation is 1. The van der Waals surface area contributed by atoms with E-state index in [2.05, 4.69) is 20.8 Å². The predicted octanol–water partition coefficient (Wildman–Crippen LogP) is 3.02. The molecule has 1 saturated carbocycles. The van der Waals surface area contributed by atoms with Crippen LogP contribution in [0.15, 0.2) is 23.4 Å². The van der Waals surface area contributed by atoms with Crippen molar-refractivity contribution in [3.05, 3.63) is 29.3 Å². The van der Waals surface area contributed by atoms with E-state index in [4.69, 9.17) is 0 Å². The first kappa shape index (κ1) is 21.2. The molecule has 0 unspecified atom stereocenters. The SMILES string of the molecule is Cc1cc(C(=O)N2CCSCC2)ccc1NC(=O)CSc1nnnn1C1CCCC1. The number of thioether (sulfide) groups is 2. The predicted molar refractivity (Wildman–Crippen MR) is 119 cm³/mol. The van der Waals surface area contributed by atoms with Gasteiger partial charge in [-0.1, -0.05) is 24.6 Å². The number of rotatable bonds is 6. The van der Waals surface area contributed by atoms with E-state index in [9.17, 15) is 9.59 Å². The fourth-order valence-corrected chi connectivity index (χ4v) is 5.51. The van der Waals surface area contributed by atoms with Crippen LogP contribution >= 0.6 is 23.5 Å². The summed E-state index contributed by atoms with van der Waals surface area (Å²) in [5, 5.41) is 15.6. The molecule has 0 spiro atoms.